The highest BCUT2D eigenvalue weighted by Gasteiger charge is 2.27. The molecule has 0 spiro atoms. The lowest BCUT2D eigenvalue weighted by atomic mass is 10.0. The Hall–Kier alpha value is -1.60. The summed E-state index contributed by atoms with van der Waals surface area (Å²) in [6.07, 6.45) is 7.30. The van der Waals surface area contributed by atoms with Gasteiger partial charge >= 0.3 is 0 Å². The van der Waals surface area contributed by atoms with E-state index in [0.717, 1.165) is 21.2 Å². The molecule has 0 N–H and O–H groups in total. The topological polar surface area (TPSA) is 118 Å². The van der Waals surface area contributed by atoms with E-state index in [9.17, 15) is 19.2 Å². The lowest BCUT2D eigenvalue weighted by Crippen LogP contribution is -2.30. The highest BCUT2D eigenvalue weighted by Crippen LogP contribution is 2.35. The number of rotatable bonds is 14. The van der Waals surface area contributed by atoms with Crippen molar-refractivity contribution in [3.63, 3.8) is 0 Å². The fourth-order valence-electron chi connectivity index (χ4n) is 2.71. The fourth-order valence-corrected chi connectivity index (χ4v) is 6.67. The molecule has 0 saturated carbocycles. The second-order valence-corrected chi connectivity index (χ2v) is 10.1. The van der Waals surface area contributed by atoms with Gasteiger partial charge in [-0.25, -0.2) is 39.1 Å². The van der Waals surface area contributed by atoms with Crippen molar-refractivity contribution in [3.8, 4) is 0 Å². The van der Waals surface area contributed by atoms with Gasteiger partial charge < -0.3 is 0 Å². The van der Waals surface area contributed by atoms with Gasteiger partial charge in [-0.15, -0.1) is 0 Å². The van der Waals surface area contributed by atoms with Crippen LogP contribution in [0.1, 0.15) is 12.8 Å². The van der Waals surface area contributed by atoms with E-state index in [1.165, 1.54) is 24.3 Å². The smallest absolute Gasteiger partial charge is 0.211 e. The fraction of sp³-hybridized carbons (Fsp3) is 0.667. The maximum absolute atomic E-state index is 10.4. The molecule has 1 aliphatic heterocycles. The predicted octanol–water partition coefficient (Wildman–Crippen LogP) is 2.30. The highest BCUT2D eigenvalue weighted by atomic mass is 32.2. The Bertz CT molecular complexity index is 684. The van der Waals surface area contributed by atoms with Crippen molar-refractivity contribution in [1.29, 1.82) is 0 Å². The summed E-state index contributed by atoms with van der Waals surface area (Å²) in [5.41, 5.74) is 0. The average molecular weight is 485 g/mol. The van der Waals surface area contributed by atoms with Gasteiger partial charge in [-0.2, -0.15) is 23.5 Å². The van der Waals surface area contributed by atoms with Gasteiger partial charge in [0.25, 0.3) is 0 Å². The lowest BCUT2D eigenvalue weighted by Gasteiger charge is -2.29. The monoisotopic (exact) mass is 484 g/mol. The standard InChI is InChI=1S/C18H20N4O4S4/c23-9-19-3-13(4-20-10-24)17(27)1-15-7-30-16(8-29-15)2-18(28)14(5-21-11-25)6-22-12-26/h13-16H,1-8H2. The van der Waals surface area contributed by atoms with Gasteiger partial charge in [0, 0.05) is 43.6 Å². The van der Waals surface area contributed by atoms with Crippen LogP contribution in [0.5, 0.6) is 0 Å². The molecule has 1 fully saturated rings. The maximum atomic E-state index is 10.4. The Kier molecular flexibility index (Phi) is 14.2. The minimum Gasteiger partial charge on any atom is -0.211 e. The third kappa shape index (κ3) is 10.4. The van der Waals surface area contributed by atoms with Crippen LogP contribution < -0.4 is 0 Å². The second-order valence-electron chi connectivity index (χ2n) is 6.37. The van der Waals surface area contributed by atoms with Gasteiger partial charge in [0.1, 0.15) is 0 Å². The molecule has 160 valence electrons. The van der Waals surface area contributed by atoms with Crippen molar-refractivity contribution < 1.29 is 19.2 Å². The summed E-state index contributed by atoms with van der Waals surface area (Å²) >= 11 is 14.6. The summed E-state index contributed by atoms with van der Waals surface area (Å²) in [5.74, 6) is 1.25. The third-order valence-corrected chi connectivity index (χ3v) is 8.53. The summed E-state index contributed by atoms with van der Waals surface area (Å²) in [7, 11) is 0. The Labute approximate surface area is 193 Å². The highest BCUT2D eigenvalue weighted by molar-refractivity contribution is 8.07. The first kappa shape index (κ1) is 26.4. The van der Waals surface area contributed by atoms with E-state index in [2.05, 4.69) is 20.0 Å². The van der Waals surface area contributed by atoms with Gasteiger partial charge in [-0.1, -0.05) is 24.4 Å². The van der Waals surface area contributed by atoms with E-state index >= 15 is 0 Å². The van der Waals surface area contributed by atoms with Crippen LogP contribution in [0, 0.1) is 11.8 Å². The SMILES string of the molecule is O=C=NCC(CN=C=O)C(=S)CC1CSC(CC(=S)C(CN=C=O)CN=C=O)CS1. The molecule has 12 heteroatoms. The molecular weight excluding hydrogens is 464 g/mol. The molecule has 8 nitrogen and oxygen atoms in total. The average Bonchev–Trinajstić information content (AvgIpc) is 2.75. The first-order valence-electron chi connectivity index (χ1n) is 8.98. The van der Waals surface area contributed by atoms with Gasteiger partial charge in [-0.3, -0.25) is 0 Å². The Morgan fingerprint density at radius 1 is 0.700 bits per heavy atom. The quantitative estimate of drug-likeness (QED) is 0.209. The van der Waals surface area contributed by atoms with E-state index in [1.807, 2.05) is 0 Å². The largest absolute Gasteiger partial charge is 0.234 e. The number of thiocarbonyl (C=S) groups is 2. The van der Waals surface area contributed by atoms with Crippen LogP contribution in [0.2, 0.25) is 0 Å². The van der Waals surface area contributed by atoms with Crippen molar-refractivity contribution in [2.45, 2.75) is 23.3 Å². The molecule has 2 atom stereocenters. The van der Waals surface area contributed by atoms with Crippen molar-refractivity contribution in [2.75, 3.05) is 37.7 Å². The number of nitrogens with zero attached hydrogens (tertiary/aromatic N) is 4. The molecule has 1 rings (SSSR count). The first-order valence-corrected chi connectivity index (χ1v) is 11.9. The van der Waals surface area contributed by atoms with Crippen LogP contribution in [-0.4, -0.2) is 82.2 Å². The Morgan fingerprint density at radius 2 is 1.00 bits per heavy atom. The zero-order valence-electron chi connectivity index (χ0n) is 16.0. The maximum Gasteiger partial charge on any atom is 0.234 e. The number of hydrogen-bond acceptors (Lipinski definition) is 12. The molecule has 0 aliphatic carbocycles. The van der Waals surface area contributed by atoms with Crippen molar-refractivity contribution in [1.82, 2.24) is 0 Å². The van der Waals surface area contributed by atoms with E-state index in [0.29, 0.717) is 23.3 Å². The molecule has 1 heterocycles. The van der Waals surface area contributed by atoms with E-state index in [-0.39, 0.29) is 38.0 Å². The molecule has 1 saturated heterocycles. The normalized spacial score (nSPS) is 19.6. The molecule has 0 aromatic rings. The molecule has 0 amide bonds. The van der Waals surface area contributed by atoms with Gasteiger partial charge in [0.15, 0.2) is 0 Å². The van der Waals surface area contributed by atoms with Crippen LogP contribution >= 0.6 is 48.0 Å². The number of isocyanates is 4. The Morgan fingerprint density at radius 3 is 1.23 bits per heavy atom. The minimum atomic E-state index is -0.253. The van der Waals surface area contributed by atoms with Gasteiger partial charge in [0.05, 0.1) is 26.2 Å². The van der Waals surface area contributed by atoms with Gasteiger partial charge in [-0.05, 0) is 12.8 Å². The molecular formula is C18H20N4O4S4. The van der Waals surface area contributed by atoms with Crippen LogP contribution in [0.15, 0.2) is 20.0 Å². The molecule has 2 unspecified atom stereocenters. The summed E-state index contributed by atoms with van der Waals surface area (Å²) in [5, 5.41) is 0.621. The summed E-state index contributed by atoms with van der Waals surface area (Å²) < 4.78 is 0. The van der Waals surface area contributed by atoms with Crippen molar-refractivity contribution in [2.24, 2.45) is 31.8 Å². The number of aliphatic imine (C=N–C) groups is 4. The van der Waals surface area contributed by atoms with Crippen LogP contribution in [-0.2, 0) is 19.2 Å². The van der Waals surface area contributed by atoms with Crippen LogP contribution in [0.25, 0.3) is 0 Å². The number of carbonyl (C=O) groups excluding carboxylic acids is 4. The first-order chi connectivity index (χ1) is 14.5. The van der Waals surface area contributed by atoms with Crippen LogP contribution in [0.3, 0.4) is 0 Å². The van der Waals surface area contributed by atoms with E-state index in [4.69, 9.17) is 24.4 Å². The van der Waals surface area contributed by atoms with E-state index in [1.54, 1.807) is 23.5 Å². The number of thioether (sulfide) groups is 2. The summed E-state index contributed by atoms with van der Waals surface area (Å²) in [4.78, 5) is 57.2. The summed E-state index contributed by atoms with van der Waals surface area (Å²) in [6, 6.07) is 0. The molecule has 0 bridgehead atoms. The summed E-state index contributed by atoms with van der Waals surface area (Å²) in [6.45, 7) is 0.678. The Balaban J connectivity index is 2.54. The van der Waals surface area contributed by atoms with Crippen molar-refractivity contribution in [3.05, 3.63) is 0 Å². The lowest BCUT2D eigenvalue weighted by molar-refractivity contribution is 0.556. The van der Waals surface area contributed by atoms with E-state index < -0.39 is 0 Å². The molecule has 0 aromatic heterocycles. The third-order valence-electron chi connectivity index (χ3n) is 4.31. The predicted molar refractivity (Wildman–Crippen MR) is 126 cm³/mol. The minimum absolute atomic E-state index is 0.170. The molecule has 30 heavy (non-hydrogen) atoms. The molecule has 0 radical (unpaired) electrons. The zero-order valence-corrected chi connectivity index (χ0v) is 19.3. The number of hydrogen-bond donors (Lipinski definition) is 0. The second kappa shape index (κ2) is 16.1. The van der Waals surface area contributed by atoms with Crippen molar-refractivity contribution >= 4 is 82.0 Å². The molecule has 0 aromatic carbocycles. The molecule has 1 aliphatic rings. The van der Waals surface area contributed by atoms with Gasteiger partial charge in [0.2, 0.25) is 24.3 Å². The van der Waals surface area contributed by atoms with Crippen LogP contribution in [0.4, 0.5) is 0 Å². The zero-order chi connectivity index (χ0) is 22.2.